The number of carbonyl (C=O) groups is 2. The van der Waals surface area contributed by atoms with Crippen molar-refractivity contribution in [2.24, 2.45) is 5.92 Å². The molecule has 1 aliphatic heterocycles. The van der Waals surface area contributed by atoms with Crippen LogP contribution < -0.4 is 5.32 Å². The minimum absolute atomic E-state index is 0.0169. The Hall–Kier alpha value is -1.88. The van der Waals surface area contributed by atoms with E-state index in [0.29, 0.717) is 19.5 Å². The third-order valence-electron chi connectivity index (χ3n) is 4.33. The highest BCUT2D eigenvalue weighted by Gasteiger charge is 2.33. The Balaban J connectivity index is 1.79. The molecule has 23 heavy (non-hydrogen) atoms. The monoisotopic (exact) mass is 317 g/mol. The molecule has 1 aromatic carbocycles. The van der Waals surface area contributed by atoms with Crippen molar-refractivity contribution in [3.8, 4) is 0 Å². The Morgan fingerprint density at radius 2 is 2.09 bits per heavy atom. The summed E-state index contributed by atoms with van der Waals surface area (Å²) < 4.78 is 0. The molecule has 126 valence electrons. The maximum Gasteiger partial charge on any atom is 0.225 e. The summed E-state index contributed by atoms with van der Waals surface area (Å²) in [6.07, 6.45) is 1.28. The fraction of sp³-hybridized carbons (Fsp3) is 0.556. The van der Waals surface area contributed by atoms with Crippen molar-refractivity contribution in [2.75, 3.05) is 33.7 Å². The van der Waals surface area contributed by atoms with E-state index in [-0.39, 0.29) is 17.7 Å². The molecule has 0 spiro atoms. The molecule has 2 rings (SSSR count). The highest BCUT2D eigenvalue weighted by molar-refractivity contribution is 5.89. The van der Waals surface area contributed by atoms with Gasteiger partial charge in [-0.3, -0.25) is 9.59 Å². The quantitative estimate of drug-likeness (QED) is 0.827. The lowest BCUT2D eigenvalue weighted by Crippen LogP contribution is -2.33. The molecule has 1 fully saturated rings. The fourth-order valence-electron chi connectivity index (χ4n) is 2.88. The summed E-state index contributed by atoms with van der Waals surface area (Å²) in [7, 11) is 4.04. The van der Waals surface area contributed by atoms with Gasteiger partial charge in [-0.05, 0) is 45.1 Å². The first-order valence-electron chi connectivity index (χ1n) is 8.22. The number of hydrogen-bond acceptors (Lipinski definition) is 3. The number of amides is 2. The summed E-state index contributed by atoms with van der Waals surface area (Å²) in [5.41, 5.74) is 2.29. The molecule has 1 aromatic rings. The molecular formula is C18H27N3O2. The highest BCUT2D eigenvalue weighted by Crippen LogP contribution is 2.18. The number of nitrogens with zero attached hydrogens (tertiary/aromatic N) is 2. The summed E-state index contributed by atoms with van der Waals surface area (Å²) in [5, 5.41) is 2.97. The predicted octanol–water partition coefficient (Wildman–Crippen LogP) is 1.41. The van der Waals surface area contributed by atoms with Gasteiger partial charge in [-0.2, -0.15) is 0 Å². The van der Waals surface area contributed by atoms with E-state index < -0.39 is 0 Å². The summed E-state index contributed by atoms with van der Waals surface area (Å²) in [5.74, 6) is -0.137. The van der Waals surface area contributed by atoms with Crippen LogP contribution in [0.3, 0.4) is 0 Å². The number of aryl methyl sites for hydroxylation is 1. The Morgan fingerprint density at radius 3 is 2.78 bits per heavy atom. The van der Waals surface area contributed by atoms with Gasteiger partial charge in [0.1, 0.15) is 0 Å². The topological polar surface area (TPSA) is 52.7 Å². The first kappa shape index (κ1) is 17.5. The van der Waals surface area contributed by atoms with Crippen molar-refractivity contribution in [1.82, 2.24) is 15.1 Å². The van der Waals surface area contributed by atoms with E-state index in [1.807, 2.05) is 50.2 Å². The zero-order chi connectivity index (χ0) is 16.8. The predicted molar refractivity (Wildman–Crippen MR) is 90.9 cm³/mol. The lowest BCUT2D eigenvalue weighted by Gasteiger charge is -2.18. The van der Waals surface area contributed by atoms with E-state index in [1.54, 1.807) is 0 Å². The molecule has 2 amide bonds. The molecule has 1 heterocycles. The van der Waals surface area contributed by atoms with Crippen LogP contribution >= 0.6 is 0 Å². The second-order valence-electron chi connectivity index (χ2n) is 6.54. The van der Waals surface area contributed by atoms with Crippen molar-refractivity contribution in [1.29, 1.82) is 0 Å². The molecule has 1 N–H and O–H groups in total. The largest absolute Gasteiger partial charge is 0.352 e. The maximum absolute atomic E-state index is 12.3. The first-order chi connectivity index (χ1) is 11.0. The lowest BCUT2D eigenvalue weighted by molar-refractivity contribution is -0.129. The molecule has 5 heteroatoms. The van der Waals surface area contributed by atoms with Crippen LogP contribution in [-0.2, 0) is 16.1 Å². The standard InChI is InChI=1S/C18H27N3O2/c1-14-7-4-5-8-15(14)12-19-18(23)16-11-17(22)21(13-16)10-6-9-20(2)3/h4-5,7-8,16H,6,9-13H2,1-3H3,(H,19,23). The second kappa shape index (κ2) is 8.11. The maximum atomic E-state index is 12.3. The number of rotatable bonds is 7. The van der Waals surface area contributed by atoms with Crippen molar-refractivity contribution < 1.29 is 9.59 Å². The van der Waals surface area contributed by atoms with Crippen LogP contribution in [0.4, 0.5) is 0 Å². The van der Waals surface area contributed by atoms with E-state index in [0.717, 1.165) is 25.1 Å². The number of hydrogen-bond donors (Lipinski definition) is 1. The number of likely N-dealkylation sites (tertiary alicyclic amines) is 1. The van der Waals surface area contributed by atoms with E-state index in [1.165, 1.54) is 5.56 Å². The van der Waals surface area contributed by atoms with Gasteiger partial charge in [0, 0.05) is 26.1 Å². The van der Waals surface area contributed by atoms with E-state index in [4.69, 9.17) is 0 Å². The third-order valence-corrected chi connectivity index (χ3v) is 4.33. The Labute approximate surface area is 138 Å². The molecule has 0 aliphatic carbocycles. The third kappa shape index (κ3) is 5.06. The van der Waals surface area contributed by atoms with Crippen molar-refractivity contribution in [3.63, 3.8) is 0 Å². The fourth-order valence-corrected chi connectivity index (χ4v) is 2.88. The minimum atomic E-state index is -0.217. The zero-order valence-corrected chi connectivity index (χ0v) is 14.3. The number of benzene rings is 1. The van der Waals surface area contributed by atoms with Gasteiger partial charge in [0.15, 0.2) is 0 Å². The molecule has 1 unspecified atom stereocenters. The normalized spacial score (nSPS) is 17.8. The van der Waals surface area contributed by atoms with Crippen LogP contribution in [-0.4, -0.2) is 55.3 Å². The van der Waals surface area contributed by atoms with Gasteiger partial charge < -0.3 is 15.1 Å². The van der Waals surface area contributed by atoms with Crippen LogP contribution in [0.2, 0.25) is 0 Å². The van der Waals surface area contributed by atoms with Crippen molar-refractivity contribution in [3.05, 3.63) is 35.4 Å². The van der Waals surface area contributed by atoms with Crippen LogP contribution in [0, 0.1) is 12.8 Å². The van der Waals surface area contributed by atoms with Crippen LogP contribution in [0.5, 0.6) is 0 Å². The molecular weight excluding hydrogens is 290 g/mol. The lowest BCUT2D eigenvalue weighted by atomic mass is 10.1. The smallest absolute Gasteiger partial charge is 0.225 e. The second-order valence-corrected chi connectivity index (χ2v) is 6.54. The SMILES string of the molecule is Cc1ccccc1CNC(=O)C1CC(=O)N(CCCN(C)C)C1. The zero-order valence-electron chi connectivity index (χ0n) is 14.3. The van der Waals surface area contributed by atoms with Gasteiger partial charge in [0.05, 0.1) is 5.92 Å². The van der Waals surface area contributed by atoms with Crippen LogP contribution in [0.15, 0.2) is 24.3 Å². The summed E-state index contributed by atoms with van der Waals surface area (Å²) in [6.45, 7) is 4.79. The Bertz CT molecular complexity index is 557. The van der Waals surface area contributed by atoms with Gasteiger partial charge in [0.2, 0.25) is 11.8 Å². The number of carbonyl (C=O) groups excluding carboxylic acids is 2. The van der Waals surface area contributed by atoms with Crippen molar-refractivity contribution in [2.45, 2.75) is 26.3 Å². The summed E-state index contributed by atoms with van der Waals surface area (Å²) in [6, 6.07) is 8.01. The van der Waals surface area contributed by atoms with Gasteiger partial charge in [-0.15, -0.1) is 0 Å². The molecule has 5 nitrogen and oxygen atoms in total. The van der Waals surface area contributed by atoms with E-state index in [2.05, 4.69) is 10.2 Å². The Kier molecular flexibility index (Phi) is 6.16. The van der Waals surface area contributed by atoms with Gasteiger partial charge in [-0.25, -0.2) is 0 Å². The first-order valence-corrected chi connectivity index (χ1v) is 8.22. The molecule has 0 aromatic heterocycles. The van der Waals surface area contributed by atoms with Gasteiger partial charge >= 0.3 is 0 Å². The Morgan fingerprint density at radius 1 is 1.35 bits per heavy atom. The molecule has 1 atom stereocenters. The average molecular weight is 317 g/mol. The molecule has 0 bridgehead atoms. The summed E-state index contributed by atoms with van der Waals surface area (Å²) in [4.78, 5) is 28.3. The molecule has 0 radical (unpaired) electrons. The minimum Gasteiger partial charge on any atom is -0.352 e. The van der Waals surface area contributed by atoms with Gasteiger partial charge in [-0.1, -0.05) is 24.3 Å². The van der Waals surface area contributed by atoms with Crippen LogP contribution in [0.25, 0.3) is 0 Å². The van der Waals surface area contributed by atoms with Crippen LogP contribution in [0.1, 0.15) is 24.0 Å². The molecule has 0 saturated carbocycles. The highest BCUT2D eigenvalue weighted by atomic mass is 16.2. The average Bonchev–Trinajstić information content (AvgIpc) is 2.87. The van der Waals surface area contributed by atoms with E-state index in [9.17, 15) is 9.59 Å². The molecule has 1 aliphatic rings. The number of nitrogens with one attached hydrogen (secondary N) is 1. The van der Waals surface area contributed by atoms with Crippen molar-refractivity contribution >= 4 is 11.8 Å². The van der Waals surface area contributed by atoms with E-state index >= 15 is 0 Å². The molecule has 1 saturated heterocycles. The van der Waals surface area contributed by atoms with Gasteiger partial charge in [0.25, 0.3) is 0 Å². The summed E-state index contributed by atoms with van der Waals surface area (Å²) >= 11 is 0.